The van der Waals surface area contributed by atoms with Crippen LogP contribution in [0.1, 0.15) is 47.9 Å². The van der Waals surface area contributed by atoms with Gasteiger partial charge >= 0.3 is 18.5 Å². The number of hydrogen-bond donors (Lipinski definition) is 0. The Kier molecular flexibility index (Phi) is 7.43. The summed E-state index contributed by atoms with van der Waals surface area (Å²) >= 11 is 0. The molecule has 0 spiro atoms. The smallest absolute Gasteiger partial charge is 0.394 e. The highest BCUT2D eigenvalue weighted by Crippen LogP contribution is 2.43. The first-order valence-corrected chi connectivity index (χ1v) is 9.36. The third kappa shape index (κ3) is 5.52. The van der Waals surface area contributed by atoms with Crippen LogP contribution in [-0.2, 0) is 12.4 Å². The van der Waals surface area contributed by atoms with Gasteiger partial charge < -0.3 is 9.47 Å². The Hall–Kier alpha value is -3.23. The Bertz CT molecular complexity index is 928. The minimum atomic E-state index is -4.90. The molecule has 0 radical (unpaired) electrons. The Balaban J connectivity index is 2.47. The zero-order chi connectivity index (χ0) is 24.3. The molecule has 32 heavy (non-hydrogen) atoms. The maximum absolute atomic E-state index is 13.7. The van der Waals surface area contributed by atoms with Gasteiger partial charge in [-0.2, -0.15) is 26.3 Å². The van der Waals surface area contributed by atoms with Crippen LogP contribution in [0, 0.1) is 0 Å². The number of alkyl halides is 6. The molecular formula is C23H20F6O3. The molecule has 172 valence electrons. The Morgan fingerprint density at radius 1 is 0.781 bits per heavy atom. The highest BCUT2D eigenvalue weighted by molar-refractivity contribution is 5.69. The molecular weight excluding hydrogens is 438 g/mol. The predicted molar refractivity (Wildman–Crippen MR) is 107 cm³/mol. The molecule has 0 aliphatic heterocycles. The first kappa shape index (κ1) is 25.0. The fraction of sp³-hybridized carbons (Fsp3) is 0.261. The van der Waals surface area contributed by atoms with Crippen LogP contribution >= 0.6 is 0 Å². The summed E-state index contributed by atoms with van der Waals surface area (Å²) in [6.07, 6.45) is -9.00. The van der Waals surface area contributed by atoms with Crippen LogP contribution in [-0.4, -0.2) is 6.16 Å². The molecule has 0 aromatic heterocycles. The third-order valence-corrected chi connectivity index (χ3v) is 4.76. The van der Waals surface area contributed by atoms with E-state index in [1.165, 1.54) is 50.3 Å². The molecule has 0 saturated heterocycles. The Morgan fingerprint density at radius 3 is 1.41 bits per heavy atom. The van der Waals surface area contributed by atoms with Gasteiger partial charge in [0.1, 0.15) is 22.6 Å². The lowest BCUT2D eigenvalue weighted by atomic mass is 9.94. The molecule has 2 aromatic rings. The number of carbonyl (C=O) groups is 1. The van der Waals surface area contributed by atoms with Gasteiger partial charge in [-0.1, -0.05) is 50.3 Å². The fourth-order valence-electron chi connectivity index (χ4n) is 3.09. The van der Waals surface area contributed by atoms with Crippen LogP contribution in [0.2, 0.25) is 0 Å². The zero-order valence-corrected chi connectivity index (χ0v) is 17.2. The summed E-state index contributed by atoms with van der Waals surface area (Å²) in [6, 6.07) is 6.58. The number of hydrogen-bond acceptors (Lipinski definition) is 3. The third-order valence-electron chi connectivity index (χ3n) is 4.76. The molecule has 2 aromatic carbocycles. The minimum absolute atomic E-state index is 0.212. The van der Waals surface area contributed by atoms with E-state index in [2.05, 4.69) is 13.2 Å². The standard InChI is InChI=1S/C23H20F6O3/c1-5-13(3)15-9-7-11-17(19(15)22(24,25)26)31-21(30)32-18-12-8-10-16(14(4)6-2)20(18)23(27,28)29/h5-14H,1-2H2,3-4H3. The van der Waals surface area contributed by atoms with Crippen molar-refractivity contribution in [2.45, 2.75) is 38.0 Å². The first-order chi connectivity index (χ1) is 14.8. The molecule has 0 aliphatic rings. The quantitative estimate of drug-likeness (QED) is 0.191. The van der Waals surface area contributed by atoms with Crippen LogP contribution in [0.3, 0.4) is 0 Å². The van der Waals surface area contributed by atoms with E-state index in [1.54, 1.807) is 0 Å². The van der Waals surface area contributed by atoms with E-state index in [-0.39, 0.29) is 11.1 Å². The number of allylic oxidation sites excluding steroid dienone is 2. The van der Waals surface area contributed by atoms with E-state index in [4.69, 9.17) is 9.47 Å². The van der Waals surface area contributed by atoms with Crippen molar-refractivity contribution < 1.29 is 40.6 Å². The summed E-state index contributed by atoms with van der Waals surface area (Å²) in [4.78, 5) is 12.2. The van der Waals surface area contributed by atoms with Crippen LogP contribution in [0.5, 0.6) is 11.5 Å². The lowest BCUT2D eigenvalue weighted by Crippen LogP contribution is -2.21. The van der Waals surface area contributed by atoms with Gasteiger partial charge in [-0.25, -0.2) is 4.79 Å². The Morgan fingerprint density at radius 2 is 1.12 bits per heavy atom. The molecule has 2 unspecified atom stereocenters. The first-order valence-electron chi connectivity index (χ1n) is 9.36. The van der Waals surface area contributed by atoms with Gasteiger partial charge in [-0.15, -0.1) is 13.2 Å². The van der Waals surface area contributed by atoms with Crippen molar-refractivity contribution in [3.8, 4) is 11.5 Å². The molecule has 0 heterocycles. The fourth-order valence-corrected chi connectivity index (χ4v) is 3.09. The molecule has 0 aliphatic carbocycles. The topological polar surface area (TPSA) is 35.5 Å². The minimum Gasteiger partial charge on any atom is -0.394 e. The average Bonchev–Trinajstić information content (AvgIpc) is 2.70. The Labute approximate surface area is 181 Å². The maximum Gasteiger partial charge on any atom is 0.519 e. The van der Waals surface area contributed by atoms with Crippen molar-refractivity contribution in [2.24, 2.45) is 0 Å². The second-order valence-corrected chi connectivity index (χ2v) is 6.94. The molecule has 9 heteroatoms. The van der Waals surface area contributed by atoms with Crippen molar-refractivity contribution in [3.05, 3.63) is 84.0 Å². The van der Waals surface area contributed by atoms with Crippen LogP contribution in [0.4, 0.5) is 31.1 Å². The molecule has 3 nitrogen and oxygen atoms in total. The zero-order valence-electron chi connectivity index (χ0n) is 17.2. The van der Waals surface area contributed by atoms with E-state index in [1.807, 2.05) is 0 Å². The largest absolute Gasteiger partial charge is 0.519 e. The monoisotopic (exact) mass is 458 g/mol. The predicted octanol–water partition coefficient (Wildman–Crippen LogP) is 7.88. The van der Waals surface area contributed by atoms with Crippen molar-refractivity contribution in [3.63, 3.8) is 0 Å². The molecule has 2 rings (SSSR count). The number of carbonyl (C=O) groups excluding carboxylic acids is 1. The van der Waals surface area contributed by atoms with Gasteiger partial charge in [0.2, 0.25) is 0 Å². The summed E-state index contributed by atoms with van der Waals surface area (Å²) in [5.41, 5.74) is -2.91. The lowest BCUT2D eigenvalue weighted by Gasteiger charge is -2.20. The van der Waals surface area contributed by atoms with Crippen molar-refractivity contribution in [2.75, 3.05) is 0 Å². The molecule has 0 amide bonds. The van der Waals surface area contributed by atoms with E-state index in [0.717, 1.165) is 12.1 Å². The molecule has 0 fully saturated rings. The van der Waals surface area contributed by atoms with E-state index < -0.39 is 53.0 Å². The lowest BCUT2D eigenvalue weighted by molar-refractivity contribution is -0.139. The highest BCUT2D eigenvalue weighted by Gasteiger charge is 2.40. The summed E-state index contributed by atoms with van der Waals surface area (Å²) in [7, 11) is 0. The summed E-state index contributed by atoms with van der Waals surface area (Å²) in [6.45, 7) is 9.83. The number of ether oxygens (including phenoxy) is 2. The SMILES string of the molecule is C=CC(C)c1cccc(OC(=O)Oc2cccc(C(C)C=C)c2C(F)(F)F)c1C(F)(F)F. The molecule has 0 N–H and O–H groups in total. The number of benzene rings is 2. The van der Waals surface area contributed by atoms with Gasteiger partial charge in [0.25, 0.3) is 0 Å². The normalized spacial score (nSPS) is 13.8. The maximum atomic E-state index is 13.7. The van der Waals surface area contributed by atoms with Crippen molar-refractivity contribution in [1.82, 2.24) is 0 Å². The number of halogens is 6. The van der Waals surface area contributed by atoms with Crippen LogP contribution in [0.25, 0.3) is 0 Å². The van der Waals surface area contributed by atoms with E-state index in [9.17, 15) is 31.1 Å². The molecule has 0 bridgehead atoms. The van der Waals surface area contributed by atoms with E-state index >= 15 is 0 Å². The highest BCUT2D eigenvalue weighted by atomic mass is 19.4. The van der Waals surface area contributed by atoms with Gasteiger partial charge in [0, 0.05) is 0 Å². The summed E-state index contributed by atoms with van der Waals surface area (Å²) in [5, 5.41) is 0. The number of rotatable bonds is 6. The summed E-state index contributed by atoms with van der Waals surface area (Å²) in [5.74, 6) is -3.25. The van der Waals surface area contributed by atoms with E-state index in [0.29, 0.717) is 0 Å². The second kappa shape index (κ2) is 9.50. The average molecular weight is 458 g/mol. The molecule has 0 saturated carbocycles. The van der Waals surface area contributed by atoms with Crippen molar-refractivity contribution >= 4 is 6.16 Å². The second-order valence-electron chi connectivity index (χ2n) is 6.94. The van der Waals surface area contributed by atoms with Crippen molar-refractivity contribution in [1.29, 1.82) is 0 Å². The van der Waals surface area contributed by atoms with Crippen LogP contribution < -0.4 is 9.47 Å². The van der Waals surface area contributed by atoms with Gasteiger partial charge in [0.15, 0.2) is 0 Å². The molecule has 2 atom stereocenters. The van der Waals surface area contributed by atoms with Gasteiger partial charge in [-0.3, -0.25) is 0 Å². The summed E-state index contributed by atoms with van der Waals surface area (Å²) < 4.78 is 91.4. The van der Waals surface area contributed by atoms with Gasteiger partial charge in [0.05, 0.1) is 0 Å². The van der Waals surface area contributed by atoms with Gasteiger partial charge in [-0.05, 0) is 35.1 Å². The van der Waals surface area contributed by atoms with Crippen LogP contribution in [0.15, 0.2) is 61.7 Å².